The SMILES string of the molecule is CCCCN(CCCC)c1ccc(C(=O)O)c([N+](=O)[O-])c1. The van der Waals surface area contributed by atoms with E-state index in [-0.39, 0.29) is 11.3 Å². The Bertz CT molecular complexity index is 494. The van der Waals surface area contributed by atoms with Crippen molar-refractivity contribution in [3.63, 3.8) is 0 Å². The molecule has 0 fully saturated rings. The number of carbonyl (C=O) groups is 1. The molecule has 0 atom stereocenters. The number of rotatable bonds is 9. The number of hydrogen-bond acceptors (Lipinski definition) is 4. The van der Waals surface area contributed by atoms with Gasteiger partial charge in [-0.25, -0.2) is 4.79 Å². The average molecular weight is 294 g/mol. The van der Waals surface area contributed by atoms with Crippen LogP contribution in [0.25, 0.3) is 0 Å². The normalized spacial score (nSPS) is 10.4. The number of carboxylic acid groups (broad SMARTS) is 1. The highest BCUT2D eigenvalue weighted by molar-refractivity contribution is 5.93. The summed E-state index contributed by atoms with van der Waals surface area (Å²) in [4.78, 5) is 23.5. The molecule has 0 unspecified atom stereocenters. The van der Waals surface area contributed by atoms with Crippen molar-refractivity contribution in [3.05, 3.63) is 33.9 Å². The number of carboxylic acids is 1. The van der Waals surface area contributed by atoms with Crippen molar-refractivity contribution in [2.45, 2.75) is 39.5 Å². The van der Waals surface area contributed by atoms with Gasteiger partial charge in [0.15, 0.2) is 0 Å². The molecule has 1 aromatic carbocycles. The van der Waals surface area contributed by atoms with Gasteiger partial charge >= 0.3 is 5.97 Å². The molecule has 0 spiro atoms. The standard InChI is InChI=1S/C15H22N2O4/c1-3-5-9-16(10-6-4-2)12-7-8-13(15(18)19)14(11-12)17(20)21/h7-8,11H,3-6,9-10H2,1-2H3,(H,18,19). The first-order valence-electron chi connectivity index (χ1n) is 7.27. The maximum Gasteiger partial charge on any atom is 0.342 e. The molecular weight excluding hydrogens is 272 g/mol. The lowest BCUT2D eigenvalue weighted by molar-refractivity contribution is -0.385. The molecule has 0 aliphatic carbocycles. The molecule has 0 radical (unpaired) electrons. The van der Waals surface area contributed by atoms with Gasteiger partial charge in [-0.05, 0) is 25.0 Å². The van der Waals surface area contributed by atoms with Crippen LogP contribution >= 0.6 is 0 Å². The predicted octanol–water partition coefficient (Wildman–Crippen LogP) is 3.70. The van der Waals surface area contributed by atoms with Gasteiger partial charge in [0.05, 0.1) is 4.92 Å². The number of unbranched alkanes of at least 4 members (excludes halogenated alkanes) is 2. The molecule has 0 bridgehead atoms. The molecule has 0 aromatic heterocycles. The Hall–Kier alpha value is -2.11. The third kappa shape index (κ3) is 4.73. The minimum Gasteiger partial charge on any atom is -0.477 e. The molecule has 0 aliphatic heterocycles. The van der Waals surface area contributed by atoms with Crippen molar-refractivity contribution in [2.24, 2.45) is 0 Å². The summed E-state index contributed by atoms with van der Waals surface area (Å²) in [6.07, 6.45) is 4.08. The first kappa shape index (κ1) is 16.9. The van der Waals surface area contributed by atoms with E-state index in [9.17, 15) is 14.9 Å². The summed E-state index contributed by atoms with van der Waals surface area (Å²) in [7, 11) is 0. The van der Waals surface area contributed by atoms with E-state index in [2.05, 4.69) is 18.7 Å². The number of nitrogens with zero attached hydrogens (tertiary/aromatic N) is 2. The van der Waals surface area contributed by atoms with Gasteiger partial charge in [-0.2, -0.15) is 0 Å². The molecule has 1 aromatic rings. The largest absolute Gasteiger partial charge is 0.477 e. The van der Waals surface area contributed by atoms with E-state index >= 15 is 0 Å². The smallest absolute Gasteiger partial charge is 0.342 e. The van der Waals surface area contributed by atoms with Gasteiger partial charge in [-0.3, -0.25) is 10.1 Å². The van der Waals surface area contributed by atoms with Crippen LogP contribution in [0.15, 0.2) is 18.2 Å². The van der Waals surface area contributed by atoms with Crippen LogP contribution < -0.4 is 4.90 Å². The number of hydrogen-bond donors (Lipinski definition) is 1. The number of aromatic carboxylic acids is 1. The quantitative estimate of drug-likeness (QED) is 0.554. The molecule has 0 heterocycles. The van der Waals surface area contributed by atoms with Gasteiger partial charge in [-0.15, -0.1) is 0 Å². The van der Waals surface area contributed by atoms with Gasteiger partial charge in [0, 0.05) is 24.8 Å². The third-order valence-corrected chi connectivity index (χ3v) is 3.34. The minimum atomic E-state index is -1.28. The molecule has 0 aliphatic rings. The van der Waals surface area contributed by atoms with E-state index in [1.807, 2.05) is 0 Å². The zero-order valence-corrected chi connectivity index (χ0v) is 12.5. The van der Waals surface area contributed by atoms with Crippen LogP contribution in [0, 0.1) is 10.1 Å². The maximum absolute atomic E-state index is 11.1. The molecule has 1 N–H and O–H groups in total. The second-order valence-corrected chi connectivity index (χ2v) is 4.96. The van der Waals surface area contributed by atoms with Crippen molar-refractivity contribution in [1.29, 1.82) is 0 Å². The molecular formula is C15H22N2O4. The molecule has 0 amide bonds. The van der Waals surface area contributed by atoms with Crippen molar-refractivity contribution in [1.82, 2.24) is 0 Å². The van der Waals surface area contributed by atoms with Gasteiger partial charge < -0.3 is 10.0 Å². The van der Waals surface area contributed by atoms with Crippen LogP contribution in [0.4, 0.5) is 11.4 Å². The number of benzene rings is 1. The van der Waals surface area contributed by atoms with Gasteiger partial charge in [0.25, 0.3) is 5.69 Å². The fourth-order valence-electron chi connectivity index (χ4n) is 2.12. The second-order valence-electron chi connectivity index (χ2n) is 4.96. The fraction of sp³-hybridized carbons (Fsp3) is 0.533. The number of nitro benzene ring substituents is 1. The minimum absolute atomic E-state index is 0.269. The van der Waals surface area contributed by atoms with Crippen molar-refractivity contribution in [3.8, 4) is 0 Å². The van der Waals surface area contributed by atoms with Crippen molar-refractivity contribution >= 4 is 17.3 Å². The summed E-state index contributed by atoms with van der Waals surface area (Å²) >= 11 is 0. The Morgan fingerprint density at radius 1 is 1.24 bits per heavy atom. The van der Waals surface area contributed by atoms with Crippen molar-refractivity contribution < 1.29 is 14.8 Å². The molecule has 21 heavy (non-hydrogen) atoms. The molecule has 1 rings (SSSR count). The zero-order valence-electron chi connectivity index (χ0n) is 12.5. The summed E-state index contributed by atoms with van der Waals surface area (Å²) in [6, 6.07) is 4.34. The van der Waals surface area contributed by atoms with E-state index in [4.69, 9.17) is 5.11 Å². The summed E-state index contributed by atoms with van der Waals surface area (Å²) in [5, 5.41) is 20.1. The van der Waals surface area contributed by atoms with E-state index in [1.165, 1.54) is 12.1 Å². The number of anilines is 1. The Kier molecular flexibility index (Phi) is 6.65. The van der Waals surface area contributed by atoms with Crippen LogP contribution in [-0.4, -0.2) is 29.1 Å². The summed E-state index contributed by atoms with van der Waals surface area (Å²) in [5.74, 6) is -1.28. The lowest BCUT2D eigenvalue weighted by Crippen LogP contribution is -2.25. The lowest BCUT2D eigenvalue weighted by Gasteiger charge is -2.24. The first-order valence-corrected chi connectivity index (χ1v) is 7.27. The Labute approximate surface area is 124 Å². The van der Waals surface area contributed by atoms with E-state index in [0.717, 1.165) is 38.8 Å². The first-order chi connectivity index (χ1) is 10.0. The average Bonchev–Trinajstić information content (AvgIpc) is 2.46. The molecule has 0 saturated carbocycles. The lowest BCUT2D eigenvalue weighted by atomic mass is 10.1. The maximum atomic E-state index is 11.1. The highest BCUT2D eigenvalue weighted by atomic mass is 16.6. The second kappa shape index (κ2) is 8.24. The highest BCUT2D eigenvalue weighted by Gasteiger charge is 2.21. The van der Waals surface area contributed by atoms with Crippen LogP contribution in [0.5, 0.6) is 0 Å². The topological polar surface area (TPSA) is 83.7 Å². The molecule has 6 heteroatoms. The third-order valence-electron chi connectivity index (χ3n) is 3.34. The molecule has 116 valence electrons. The van der Waals surface area contributed by atoms with Crippen LogP contribution in [0.1, 0.15) is 49.9 Å². The zero-order chi connectivity index (χ0) is 15.8. The van der Waals surface area contributed by atoms with Crippen LogP contribution in [0.2, 0.25) is 0 Å². The van der Waals surface area contributed by atoms with E-state index < -0.39 is 10.9 Å². The van der Waals surface area contributed by atoms with E-state index in [0.29, 0.717) is 5.69 Å². The van der Waals surface area contributed by atoms with Gasteiger partial charge in [0.1, 0.15) is 5.56 Å². The van der Waals surface area contributed by atoms with Gasteiger partial charge in [-0.1, -0.05) is 26.7 Å². The summed E-state index contributed by atoms with van der Waals surface area (Å²) in [6.45, 7) is 5.82. The highest BCUT2D eigenvalue weighted by Crippen LogP contribution is 2.26. The van der Waals surface area contributed by atoms with Crippen LogP contribution in [-0.2, 0) is 0 Å². The fourth-order valence-corrected chi connectivity index (χ4v) is 2.12. The van der Waals surface area contributed by atoms with E-state index in [1.54, 1.807) is 6.07 Å². The number of nitro groups is 1. The Balaban J connectivity index is 3.10. The van der Waals surface area contributed by atoms with Crippen molar-refractivity contribution in [2.75, 3.05) is 18.0 Å². The van der Waals surface area contributed by atoms with Gasteiger partial charge in [0.2, 0.25) is 0 Å². The predicted molar refractivity (Wildman–Crippen MR) is 82.1 cm³/mol. The van der Waals surface area contributed by atoms with Crippen LogP contribution in [0.3, 0.4) is 0 Å². The monoisotopic (exact) mass is 294 g/mol. The Morgan fingerprint density at radius 2 is 1.81 bits per heavy atom. The summed E-state index contributed by atoms with van der Waals surface area (Å²) in [5.41, 5.74) is 0.0984. The summed E-state index contributed by atoms with van der Waals surface area (Å²) < 4.78 is 0. The molecule has 0 saturated heterocycles. The molecule has 6 nitrogen and oxygen atoms in total. The Morgan fingerprint density at radius 3 is 2.24 bits per heavy atom.